The number of Topliss-reactive ketones (excluding diaryl/α,β-unsaturated/α-hetero) is 1. The van der Waals surface area contributed by atoms with Crippen LogP contribution >= 0.6 is 11.6 Å². The largest absolute Gasteiger partial charge is 0.457 e. The molecule has 1 amide bonds. The number of amides is 1. The lowest BCUT2D eigenvalue weighted by atomic mass is 10.1. The molecule has 26 heavy (non-hydrogen) atoms. The van der Waals surface area contributed by atoms with Crippen molar-refractivity contribution in [3.63, 3.8) is 0 Å². The normalized spacial score (nSPS) is 14.4. The maximum Gasteiger partial charge on any atom is 0.256 e. The number of carbonyl (C=O) groups excluding carboxylic acids is 2. The zero-order valence-corrected chi connectivity index (χ0v) is 14.6. The number of furan rings is 1. The zero-order valence-electron chi connectivity index (χ0n) is 13.9. The van der Waals surface area contributed by atoms with E-state index in [0.29, 0.717) is 27.7 Å². The molecule has 0 fully saturated rings. The van der Waals surface area contributed by atoms with Crippen molar-refractivity contribution >= 4 is 40.6 Å². The van der Waals surface area contributed by atoms with Crippen molar-refractivity contribution in [1.29, 1.82) is 0 Å². The molecule has 3 aromatic rings. The predicted octanol–water partition coefficient (Wildman–Crippen LogP) is 5.30. The van der Waals surface area contributed by atoms with E-state index >= 15 is 0 Å². The van der Waals surface area contributed by atoms with Gasteiger partial charge in [-0.3, -0.25) is 9.59 Å². The molecule has 0 saturated carbocycles. The number of fused-ring (bicyclic) bond motifs is 1. The molecule has 1 aliphatic heterocycles. The van der Waals surface area contributed by atoms with E-state index in [4.69, 9.17) is 16.0 Å². The van der Waals surface area contributed by atoms with Crippen molar-refractivity contribution in [1.82, 2.24) is 0 Å². The third kappa shape index (κ3) is 2.95. The molecule has 1 N–H and O–H groups in total. The van der Waals surface area contributed by atoms with Crippen LogP contribution in [0.4, 0.5) is 5.69 Å². The molecule has 4 nitrogen and oxygen atoms in total. The first-order valence-electron chi connectivity index (χ1n) is 8.05. The SMILES string of the molecule is CC(=O)c1ccc(-c2ccc(/C=C3\C(=O)Nc4ccc(Cl)cc43)o2)cc1. The average Bonchev–Trinajstić information content (AvgIpc) is 3.21. The van der Waals surface area contributed by atoms with Gasteiger partial charge >= 0.3 is 0 Å². The molecule has 2 heterocycles. The minimum absolute atomic E-state index is 0.0194. The summed E-state index contributed by atoms with van der Waals surface area (Å²) >= 11 is 6.04. The standard InChI is InChI=1S/C21H14ClNO3/c1-12(24)13-2-4-14(5-3-13)20-9-7-16(26-20)11-18-17-10-15(22)6-8-19(17)23-21(18)25/h2-11H,1H3,(H,23,25)/b18-11-. The van der Waals surface area contributed by atoms with Crippen LogP contribution in [0.3, 0.4) is 0 Å². The number of nitrogens with one attached hydrogen (secondary N) is 1. The van der Waals surface area contributed by atoms with Gasteiger partial charge in [0.05, 0.1) is 5.57 Å². The number of hydrogen-bond acceptors (Lipinski definition) is 3. The molecule has 0 atom stereocenters. The van der Waals surface area contributed by atoms with Crippen molar-refractivity contribution in [2.75, 3.05) is 5.32 Å². The van der Waals surface area contributed by atoms with Crippen molar-refractivity contribution < 1.29 is 14.0 Å². The van der Waals surface area contributed by atoms with Gasteiger partial charge in [0.25, 0.3) is 5.91 Å². The fourth-order valence-corrected chi connectivity index (χ4v) is 3.07. The Hall–Kier alpha value is -3.11. The molecule has 0 radical (unpaired) electrons. The fourth-order valence-electron chi connectivity index (χ4n) is 2.90. The van der Waals surface area contributed by atoms with Crippen LogP contribution < -0.4 is 5.32 Å². The molecule has 4 rings (SSSR count). The van der Waals surface area contributed by atoms with Crippen LogP contribution in [0, 0.1) is 0 Å². The minimum atomic E-state index is -0.189. The molecule has 1 aliphatic rings. The number of halogens is 1. The predicted molar refractivity (Wildman–Crippen MR) is 102 cm³/mol. The molecule has 0 aliphatic carbocycles. The second-order valence-corrected chi connectivity index (χ2v) is 6.47. The maximum atomic E-state index is 12.2. The molecular formula is C21H14ClNO3. The lowest BCUT2D eigenvalue weighted by molar-refractivity contribution is -0.110. The highest BCUT2D eigenvalue weighted by molar-refractivity contribution is 6.36. The van der Waals surface area contributed by atoms with E-state index in [-0.39, 0.29) is 11.7 Å². The first-order valence-corrected chi connectivity index (χ1v) is 8.43. The van der Waals surface area contributed by atoms with Crippen LogP contribution in [-0.2, 0) is 4.79 Å². The van der Waals surface area contributed by atoms with Crippen LogP contribution in [0.2, 0.25) is 5.02 Å². The third-order valence-corrected chi connectivity index (χ3v) is 4.49. The Balaban J connectivity index is 1.67. The van der Waals surface area contributed by atoms with Gasteiger partial charge in [-0.25, -0.2) is 0 Å². The van der Waals surface area contributed by atoms with Gasteiger partial charge in [-0.2, -0.15) is 0 Å². The number of hydrogen-bond donors (Lipinski definition) is 1. The van der Waals surface area contributed by atoms with Gasteiger partial charge in [0.2, 0.25) is 0 Å². The Morgan fingerprint density at radius 1 is 1.08 bits per heavy atom. The van der Waals surface area contributed by atoms with Gasteiger partial charge < -0.3 is 9.73 Å². The van der Waals surface area contributed by atoms with Gasteiger partial charge in [0.15, 0.2) is 5.78 Å². The second-order valence-electron chi connectivity index (χ2n) is 6.04. The number of rotatable bonds is 3. The fraction of sp³-hybridized carbons (Fsp3) is 0.0476. The highest BCUT2D eigenvalue weighted by Crippen LogP contribution is 2.35. The number of benzene rings is 2. The number of anilines is 1. The molecule has 128 valence electrons. The summed E-state index contributed by atoms with van der Waals surface area (Å²) in [6, 6.07) is 16.1. The van der Waals surface area contributed by atoms with Gasteiger partial charge in [-0.05, 0) is 43.3 Å². The summed E-state index contributed by atoms with van der Waals surface area (Å²) in [6.45, 7) is 1.53. The van der Waals surface area contributed by atoms with E-state index < -0.39 is 0 Å². The Morgan fingerprint density at radius 3 is 2.58 bits per heavy atom. The van der Waals surface area contributed by atoms with Crippen molar-refractivity contribution in [2.24, 2.45) is 0 Å². The third-order valence-electron chi connectivity index (χ3n) is 4.25. The maximum absolute atomic E-state index is 12.2. The van der Waals surface area contributed by atoms with E-state index in [1.54, 1.807) is 42.5 Å². The molecule has 2 aromatic carbocycles. The van der Waals surface area contributed by atoms with Crippen LogP contribution in [0.1, 0.15) is 28.6 Å². The van der Waals surface area contributed by atoms with Crippen molar-refractivity contribution in [3.05, 3.63) is 76.5 Å². The summed E-state index contributed by atoms with van der Waals surface area (Å²) in [5.41, 5.74) is 3.51. The monoisotopic (exact) mass is 363 g/mol. The van der Waals surface area contributed by atoms with Crippen LogP contribution in [0.25, 0.3) is 23.0 Å². The smallest absolute Gasteiger partial charge is 0.256 e. The van der Waals surface area contributed by atoms with Gasteiger partial charge in [-0.1, -0.05) is 35.9 Å². The number of ketones is 1. The molecule has 0 saturated heterocycles. The highest BCUT2D eigenvalue weighted by atomic mass is 35.5. The molecule has 0 unspecified atom stereocenters. The summed E-state index contributed by atoms with van der Waals surface area (Å²) in [5.74, 6) is 1.06. The zero-order chi connectivity index (χ0) is 18.3. The summed E-state index contributed by atoms with van der Waals surface area (Å²) in [5, 5.41) is 3.38. The lowest BCUT2D eigenvalue weighted by Crippen LogP contribution is -2.03. The average molecular weight is 364 g/mol. The first kappa shape index (κ1) is 16.4. The molecule has 1 aromatic heterocycles. The van der Waals surface area contributed by atoms with Crippen LogP contribution in [0.15, 0.2) is 59.0 Å². The molecular weight excluding hydrogens is 350 g/mol. The van der Waals surface area contributed by atoms with E-state index in [2.05, 4.69) is 5.32 Å². The van der Waals surface area contributed by atoms with E-state index in [1.165, 1.54) is 6.92 Å². The van der Waals surface area contributed by atoms with Crippen molar-refractivity contribution in [2.45, 2.75) is 6.92 Å². The lowest BCUT2D eigenvalue weighted by Gasteiger charge is -2.00. The Labute approximate surface area is 155 Å². The van der Waals surface area contributed by atoms with E-state index in [9.17, 15) is 9.59 Å². The summed E-state index contributed by atoms with van der Waals surface area (Å²) in [6.07, 6.45) is 1.70. The van der Waals surface area contributed by atoms with E-state index in [0.717, 1.165) is 16.8 Å². The molecule has 5 heteroatoms. The highest BCUT2D eigenvalue weighted by Gasteiger charge is 2.24. The Bertz CT molecular complexity index is 1060. The Kier molecular flexibility index (Phi) is 3.98. The van der Waals surface area contributed by atoms with Crippen molar-refractivity contribution in [3.8, 4) is 11.3 Å². The molecule has 0 bridgehead atoms. The van der Waals surface area contributed by atoms with Crippen LogP contribution in [-0.4, -0.2) is 11.7 Å². The molecule has 0 spiro atoms. The minimum Gasteiger partial charge on any atom is -0.457 e. The van der Waals surface area contributed by atoms with Gasteiger partial charge in [-0.15, -0.1) is 0 Å². The topological polar surface area (TPSA) is 59.3 Å². The second kappa shape index (κ2) is 6.32. The summed E-state index contributed by atoms with van der Waals surface area (Å²) in [7, 11) is 0. The quantitative estimate of drug-likeness (QED) is 0.507. The number of carbonyl (C=O) groups is 2. The summed E-state index contributed by atoms with van der Waals surface area (Å²) in [4.78, 5) is 23.6. The Morgan fingerprint density at radius 2 is 1.85 bits per heavy atom. The first-order chi connectivity index (χ1) is 12.5. The van der Waals surface area contributed by atoms with Crippen LogP contribution in [0.5, 0.6) is 0 Å². The van der Waals surface area contributed by atoms with Gasteiger partial charge in [0.1, 0.15) is 11.5 Å². The van der Waals surface area contributed by atoms with E-state index in [1.807, 2.05) is 18.2 Å². The van der Waals surface area contributed by atoms with Gasteiger partial charge in [0, 0.05) is 27.4 Å². The summed E-state index contributed by atoms with van der Waals surface area (Å²) < 4.78 is 5.85.